The summed E-state index contributed by atoms with van der Waals surface area (Å²) in [6, 6.07) is 6.30. The van der Waals surface area contributed by atoms with E-state index in [0.29, 0.717) is 13.0 Å². The van der Waals surface area contributed by atoms with Crippen molar-refractivity contribution in [1.29, 1.82) is 0 Å². The summed E-state index contributed by atoms with van der Waals surface area (Å²) in [4.78, 5) is 12.0. The lowest BCUT2D eigenvalue weighted by atomic mass is 9.97. The normalized spacial score (nSPS) is 13.9. The van der Waals surface area contributed by atoms with Crippen LogP contribution in [0.25, 0.3) is 0 Å². The average molecular weight is 293 g/mol. The number of nitrogens with one attached hydrogen (secondary N) is 1. The average Bonchev–Trinajstić information content (AvgIpc) is 2.40. The first-order valence-corrected chi connectivity index (χ1v) is 7.34. The van der Waals surface area contributed by atoms with Crippen molar-refractivity contribution in [3.63, 3.8) is 0 Å². The third-order valence-electron chi connectivity index (χ3n) is 3.45. The maximum absolute atomic E-state index is 12.0. The van der Waals surface area contributed by atoms with Gasteiger partial charge in [-0.25, -0.2) is 0 Å². The minimum atomic E-state index is -0.735. The second-order valence-corrected chi connectivity index (χ2v) is 5.99. The number of esters is 1. The maximum Gasteiger partial charge on any atom is 0.325 e. The Morgan fingerprint density at radius 2 is 2.00 bits per heavy atom. The van der Waals surface area contributed by atoms with Crippen LogP contribution in [0.1, 0.15) is 38.3 Å². The van der Waals surface area contributed by atoms with E-state index in [-0.39, 0.29) is 12.0 Å². The molecule has 0 aliphatic rings. The van der Waals surface area contributed by atoms with Crippen molar-refractivity contribution in [3.05, 3.63) is 29.3 Å². The van der Waals surface area contributed by atoms with Crippen molar-refractivity contribution in [3.8, 4) is 5.75 Å². The topological polar surface area (TPSA) is 47.6 Å². The van der Waals surface area contributed by atoms with Crippen molar-refractivity contribution in [2.24, 2.45) is 0 Å². The van der Waals surface area contributed by atoms with Crippen LogP contribution in [0, 0.1) is 13.8 Å². The molecular formula is C17H27NO3. The summed E-state index contributed by atoms with van der Waals surface area (Å²) in [5.74, 6) is 0.604. The van der Waals surface area contributed by atoms with E-state index in [4.69, 9.17) is 9.47 Å². The molecule has 4 nitrogen and oxygen atoms in total. The minimum Gasteiger partial charge on any atom is -0.493 e. The quantitative estimate of drug-likeness (QED) is 0.785. The van der Waals surface area contributed by atoms with Gasteiger partial charge in [-0.15, -0.1) is 0 Å². The number of ether oxygens (including phenoxy) is 2. The molecule has 0 aliphatic carbocycles. The SMILES string of the molecule is COC(=O)C(C)(CCOc1cc(C)ccc1C)NC(C)C. The van der Waals surface area contributed by atoms with Gasteiger partial charge in [-0.3, -0.25) is 10.1 Å². The Morgan fingerprint density at radius 1 is 1.33 bits per heavy atom. The Morgan fingerprint density at radius 3 is 2.57 bits per heavy atom. The summed E-state index contributed by atoms with van der Waals surface area (Å²) in [5, 5.41) is 3.26. The van der Waals surface area contributed by atoms with Crippen LogP contribution in [0.15, 0.2) is 18.2 Å². The van der Waals surface area contributed by atoms with Gasteiger partial charge in [-0.2, -0.15) is 0 Å². The second kappa shape index (κ2) is 7.46. The highest BCUT2D eigenvalue weighted by molar-refractivity contribution is 5.80. The first-order valence-electron chi connectivity index (χ1n) is 7.34. The fraction of sp³-hybridized carbons (Fsp3) is 0.588. The van der Waals surface area contributed by atoms with Crippen LogP contribution in [0.2, 0.25) is 0 Å². The minimum absolute atomic E-state index is 0.190. The molecule has 0 spiro atoms. The summed E-state index contributed by atoms with van der Waals surface area (Å²) < 4.78 is 10.7. The highest BCUT2D eigenvalue weighted by Gasteiger charge is 2.34. The molecule has 1 unspecified atom stereocenters. The maximum atomic E-state index is 12.0. The molecule has 1 N–H and O–H groups in total. The fourth-order valence-electron chi connectivity index (χ4n) is 2.32. The van der Waals surface area contributed by atoms with E-state index in [0.717, 1.165) is 16.9 Å². The van der Waals surface area contributed by atoms with E-state index < -0.39 is 5.54 Å². The standard InChI is InChI=1S/C17H27NO3/c1-12(2)18-17(5,16(19)20-6)9-10-21-15-11-13(3)7-8-14(15)4/h7-8,11-12,18H,9-10H2,1-6H3. The van der Waals surface area contributed by atoms with Gasteiger partial charge in [0.2, 0.25) is 0 Å². The van der Waals surface area contributed by atoms with Crippen molar-refractivity contribution in [1.82, 2.24) is 5.32 Å². The Kier molecular flexibility index (Phi) is 6.21. The van der Waals surface area contributed by atoms with Crippen molar-refractivity contribution in [2.75, 3.05) is 13.7 Å². The predicted molar refractivity (Wildman–Crippen MR) is 84.7 cm³/mol. The van der Waals surface area contributed by atoms with Gasteiger partial charge in [-0.1, -0.05) is 12.1 Å². The molecule has 0 bridgehead atoms. The molecular weight excluding hydrogens is 266 g/mol. The molecule has 118 valence electrons. The van der Waals surface area contributed by atoms with Gasteiger partial charge in [-0.05, 0) is 51.8 Å². The van der Waals surface area contributed by atoms with Crippen molar-refractivity contribution >= 4 is 5.97 Å². The number of hydrogen-bond acceptors (Lipinski definition) is 4. The number of carbonyl (C=O) groups is 1. The first kappa shape index (κ1) is 17.5. The zero-order valence-corrected chi connectivity index (χ0v) is 13.9. The molecule has 0 amide bonds. The van der Waals surface area contributed by atoms with E-state index in [9.17, 15) is 4.79 Å². The summed E-state index contributed by atoms with van der Waals surface area (Å²) in [6.45, 7) is 10.4. The third-order valence-corrected chi connectivity index (χ3v) is 3.45. The largest absolute Gasteiger partial charge is 0.493 e. The van der Waals surface area contributed by atoms with E-state index in [2.05, 4.69) is 11.4 Å². The number of hydrogen-bond donors (Lipinski definition) is 1. The molecule has 0 heterocycles. The van der Waals surface area contributed by atoms with Crippen LogP contribution in [0.5, 0.6) is 5.75 Å². The second-order valence-electron chi connectivity index (χ2n) is 5.99. The molecule has 4 heteroatoms. The number of methoxy groups -OCH3 is 1. The van der Waals surface area contributed by atoms with Crippen molar-refractivity contribution in [2.45, 2.75) is 52.6 Å². The number of benzene rings is 1. The lowest BCUT2D eigenvalue weighted by Gasteiger charge is -2.30. The number of carbonyl (C=O) groups excluding carboxylic acids is 1. The molecule has 1 aromatic rings. The Balaban J connectivity index is 2.69. The Labute approximate surface area is 127 Å². The zero-order valence-electron chi connectivity index (χ0n) is 13.9. The van der Waals surface area contributed by atoms with Gasteiger partial charge in [0.05, 0.1) is 13.7 Å². The third kappa shape index (κ3) is 5.05. The Hall–Kier alpha value is -1.55. The van der Waals surface area contributed by atoms with Gasteiger partial charge in [0.15, 0.2) is 0 Å². The van der Waals surface area contributed by atoms with E-state index >= 15 is 0 Å². The molecule has 1 atom stereocenters. The number of aryl methyl sites for hydroxylation is 2. The van der Waals surface area contributed by atoms with E-state index in [1.807, 2.05) is 46.8 Å². The highest BCUT2D eigenvalue weighted by atomic mass is 16.5. The van der Waals surface area contributed by atoms with Crippen LogP contribution in [0.3, 0.4) is 0 Å². The predicted octanol–water partition coefficient (Wildman–Crippen LogP) is 3.00. The molecule has 0 saturated carbocycles. The monoisotopic (exact) mass is 293 g/mol. The summed E-state index contributed by atoms with van der Waals surface area (Å²) in [5.41, 5.74) is 1.52. The van der Waals surface area contributed by atoms with Gasteiger partial charge < -0.3 is 9.47 Å². The smallest absolute Gasteiger partial charge is 0.325 e. The molecule has 0 aromatic heterocycles. The summed E-state index contributed by atoms with van der Waals surface area (Å²) in [7, 11) is 1.41. The van der Waals surface area contributed by atoms with Crippen LogP contribution < -0.4 is 10.1 Å². The van der Waals surface area contributed by atoms with Crippen LogP contribution in [-0.4, -0.2) is 31.3 Å². The molecule has 1 aromatic carbocycles. The molecule has 21 heavy (non-hydrogen) atoms. The Bertz CT molecular complexity index is 485. The lowest BCUT2D eigenvalue weighted by Crippen LogP contribution is -2.53. The zero-order chi connectivity index (χ0) is 16.0. The molecule has 1 rings (SSSR count). The fourth-order valence-corrected chi connectivity index (χ4v) is 2.32. The van der Waals surface area contributed by atoms with Crippen LogP contribution >= 0.6 is 0 Å². The van der Waals surface area contributed by atoms with Crippen molar-refractivity contribution < 1.29 is 14.3 Å². The van der Waals surface area contributed by atoms with Crippen LogP contribution in [0.4, 0.5) is 0 Å². The molecule has 0 saturated heterocycles. The first-order chi connectivity index (χ1) is 9.78. The van der Waals surface area contributed by atoms with Gasteiger partial charge in [0, 0.05) is 12.5 Å². The number of rotatable bonds is 7. The summed E-state index contributed by atoms with van der Waals surface area (Å²) >= 11 is 0. The van der Waals surface area contributed by atoms with Crippen LogP contribution in [-0.2, 0) is 9.53 Å². The van der Waals surface area contributed by atoms with Gasteiger partial charge in [0.25, 0.3) is 0 Å². The molecule has 0 aliphatic heterocycles. The van der Waals surface area contributed by atoms with E-state index in [1.54, 1.807) is 0 Å². The van der Waals surface area contributed by atoms with Gasteiger partial charge >= 0.3 is 5.97 Å². The molecule has 0 radical (unpaired) electrons. The lowest BCUT2D eigenvalue weighted by molar-refractivity contribution is -0.148. The van der Waals surface area contributed by atoms with Gasteiger partial charge in [0.1, 0.15) is 11.3 Å². The summed E-state index contributed by atoms with van der Waals surface area (Å²) in [6.07, 6.45) is 0.547. The molecule has 0 fully saturated rings. The van der Waals surface area contributed by atoms with E-state index in [1.165, 1.54) is 7.11 Å². The highest BCUT2D eigenvalue weighted by Crippen LogP contribution is 2.21.